The number of halogens is 1. The number of rotatable bonds is 2. The molecule has 1 aliphatic carbocycles. The molecule has 3 rings (SSSR count). The highest BCUT2D eigenvalue weighted by Crippen LogP contribution is 2.36. The first kappa shape index (κ1) is 13.6. The van der Waals surface area contributed by atoms with Crippen LogP contribution in [0.3, 0.4) is 0 Å². The van der Waals surface area contributed by atoms with Crippen LogP contribution < -0.4 is 4.74 Å². The summed E-state index contributed by atoms with van der Waals surface area (Å²) in [6.45, 7) is 0. The summed E-state index contributed by atoms with van der Waals surface area (Å²) in [6, 6.07) is 4.98. The molecule has 1 aromatic heterocycles. The zero-order chi connectivity index (χ0) is 15.1. The van der Waals surface area contributed by atoms with E-state index in [1.807, 2.05) is 0 Å². The molecule has 0 spiro atoms. The van der Waals surface area contributed by atoms with Gasteiger partial charge in [0.05, 0.1) is 25.3 Å². The number of benzene rings is 1. The van der Waals surface area contributed by atoms with E-state index >= 15 is 0 Å². The summed E-state index contributed by atoms with van der Waals surface area (Å²) in [6.07, 6.45) is 1.14. The maximum Gasteiger partial charge on any atom is 0.233 e. The van der Waals surface area contributed by atoms with Gasteiger partial charge in [-0.15, -0.1) is 0 Å². The number of pyridine rings is 1. The van der Waals surface area contributed by atoms with Crippen molar-refractivity contribution >= 4 is 34.1 Å². The molecule has 6 heteroatoms. The van der Waals surface area contributed by atoms with Gasteiger partial charge in [0.1, 0.15) is 11.4 Å². The summed E-state index contributed by atoms with van der Waals surface area (Å²) >= 11 is 5.98. The molecule has 0 atom stereocenters. The maximum absolute atomic E-state index is 12.4. The molecular formula is C15H10ClNO4. The highest BCUT2D eigenvalue weighted by molar-refractivity contribution is 6.31. The number of Topliss-reactive ketones (excluding diaryl/α,β-unsaturated/α-hetero) is 1. The van der Waals surface area contributed by atoms with Crippen molar-refractivity contribution in [2.24, 2.45) is 0 Å². The van der Waals surface area contributed by atoms with E-state index in [1.165, 1.54) is 14.2 Å². The second-order valence-electron chi connectivity index (χ2n) is 4.44. The molecule has 5 nitrogen and oxygen atoms in total. The summed E-state index contributed by atoms with van der Waals surface area (Å²) in [5.74, 6) is -0.581. The van der Waals surface area contributed by atoms with Crippen molar-refractivity contribution in [1.82, 2.24) is 4.98 Å². The highest BCUT2D eigenvalue weighted by atomic mass is 35.5. The summed E-state index contributed by atoms with van der Waals surface area (Å²) in [7, 11) is 2.76. The van der Waals surface area contributed by atoms with Crippen molar-refractivity contribution in [1.29, 1.82) is 0 Å². The molecule has 0 fully saturated rings. The predicted molar refractivity (Wildman–Crippen MR) is 77.1 cm³/mol. The van der Waals surface area contributed by atoms with Crippen molar-refractivity contribution in [3.63, 3.8) is 0 Å². The molecule has 0 aliphatic heterocycles. The van der Waals surface area contributed by atoms with Crippen LogP contribution in [-0.4, -0.2) is 30.8 Å². The van der Waals surface area contributed by atoms with Gasteiger partial charge in [0.25, 0.3) is 0 Å². The molecule has 1 aromatic carbocycles. The average Bonchev–Trinajstić information content (AvgIpc) is 2.48. The molecule has 0 saturated carbocycles. The number of hydrogen-bond donors (Lipinski definition) is 0. The summed E-state index contributed by atoms with van der Waals surface area (Å²) in [5, 5.41) is 1.06. The fourth-order valence-electron chi connectivity index (χ4n) is 2.33. The van der Waals surface area contributed by atoms with Crippen LogP contribution in [-0.2, 0) is 4.74 Å². The molecule has 2 aromatic rings. The minimum Gasteiger partial charge on any atom is -0.495 e. The monoisotopic (exact) mass is 303 g/mol. The van der Waals surface area contributed by atoms with E-state index in [1.54, 1.807) is 18.2 Å². The fraction of sp³-hybridized carbons (Fsp3) is 0.133. The van der Waals surface area contributed by atoms with Gasteiger partial charge in [0.15, 0.2) is 5.76 Å². The lowest BCUT2D eigenvalue weighted by Gasteiger charge is -2.18. The van der Waals surface area contributed by atoms with Gasteiger partial charge in [-0.1, -0.05) is 11.6 Å². The molecule has 21 heavy (non-hydrogen) atoms. The number of methoxy groups -OCH3 is 2. The van der Waals surface area contributed by atoms with Gasteiger partial charge in [0, 0.05) is 16.5 Å². The summed E-state index contributed by atoms with van der Waals surface area (Å²) in [4.78, 5) is 28.8. The lowest BCUT2D eigenvalue weighted by molar-refractivity contribution is 0.0911. The van der Waals surface area contributed by atoms with Gasteiger partial charge in [0.2, 0.25) is 11.6 Å². The van der Waals surface area contributed by atoms with Crippen molar-refractivity contribution in [2.45, 2.75) is 0 Å². The standard InChI is InChI=1S/C15H10ClNO4/c1-20-11-6-10(18)13-12(14(11)19)15(21-2)8-5-7(16)3-4-9(8)17-13/h3-6H,1-2H3. The lowest BCUT2D eigenvalue weighted by atomic mass is 9.95. The molecule has 0 amide bonds. The molecule has 0 unspecified atom stereocenters. The maximum atomic E-state index is 12.4. The van der Waals surface area contributed by atoms with Crippen LogP contribution in [0.2, 0.25) is 5.02 Å². The number of aromatic nitrogens is 1. The van der Waals surface area contributed by atoms with Crippen molar-refractivity contribution in [2.75, 3.05) is 14.2 Å². The second kappa shape index (κ2) is 4.86. The normalized spacial score (nSPS) is 14.0. The third kappa shape index (κ3) is 1.97. The van der Waals surface area contributed by atoms with Gasteiger partial charge in [-0.3, -0.25) is 9.59 Å². The molecule has 1 aliphatic rings. The zero-order valence-electron chi connectivity index (χ0n) is 11.3. The largest absolute Gasteiger partial charge is 0.495 e. The van der Waals surface area contributed by atoms with E-state index in [4.69, 9.17) is 21.1 Å². The van der Waals surface area contributed by atoms with E-state index in [-0.39, 0.29) is 22.8 Å². The van der Waals surface area contributed by atoms with E-state index in [9.17, 15) is 9.59 Å². The van der Waals surface area contributed by atoms with E-state index in [0.29, 0.717) is 15.9 Å². The number of hydrogen-bond acceptors (Lipinski definition) is 5. The fourth-order valence-corrected chi connectivity index (χ4v) is 2.51. The third-order valence-electron chi connectivity index (χ3n) is 3.27. The molecule has 106 valence electrons. The Morgan fingerprint density at radius 3 is 2.57 bits per heavy atom. The molecule has 1 heterocycles. The zero-order valence-corrected chi connectivity index (χ0v) is 12.0. The molecule has 0 bridgehead atoms. The number of ether oxygens (including phenoxy) is 2. The van der Waals surface area contributed by atoms with Crippen LogP contribution in [0, 0.1) is 0 Å². The Labute approximate surface area is 125 Å². The average molecular weight is 304 g/mol. The summed E-state index contributed by atoms with van der Waals surface area (Å²) < 4.78 is 10.3. The first-order valence-electron chi connectivity index (χ1n) is 6.08. The van der Waals surface area contributed by atoms with Gasteiger partial charge in [-0.2, -0.15) is 0 Å². The molecular weight excluding hydrogens is 294 g/mol. The highest BCUT2D eigenvalue weighted by Gasteiger charge is 2.32. The topological polar surface area (TPSA) is 65.5 Å². The number of nitrogens with zero attached hydrogens (tertiary/aromatic N) is 1. The number of carbonyl (C=O) groups is 2. The van der Waals surface area contributed by atoms with E-state index < -0.39 is 11.6 Å². The predicted octanol–water partition coefficient (Wildman–Crippen LogP) is 2.81. The van der Waals surface area contributed by atoms with Crippen LogP contribution in [0.1, 0.15) is 20.8 Å². The molecule has 0 radical (unpaired) electrons. The molecule has 0 saturated heterocycles. The van der Waals surface area contributed by atoms with Crippen LogP contribution in [0.5, 0.6) is 5.75 Å². The Morgan fingerprint density at radius 2 is 1.90 bits per heavy atom. The second-order valence-corrected chi connectivity index (χ2v) is 4.87. The first-order valence-corrected chi connectivity index (χ1v) is 6.46. The molecule has 0 N–H and O–H groups in total. The van der Waals surface area contributed by atoms with E-state index in [0.717, 1.165) is 6.08 Å². The number of carbonyl (C=O) groups excluding carboxylic acids is 2. The minimum absolute atomic E-state index is 0.0334. The smallest absolute Gasteiger partial charge is 0.233 e. The lowest BCUT2D eigenvalue weighted by Crippen LogP contribution is -2.20. The van der Waals surface area contributed by atoms with Gasteiger partial charge in [-0.05, 0) is 18.2 Å². The Kier molecular flexibility index (Phi) is 3.14. The summed E-state index contributed by atoms with van der Waals surface area (Å²) in [5.41, 5.74) is 0.703. The van der Waals surface area contributed by atoms with Crippen LogP contribution in [0.15, 0.2) is 30.0 Å². The Hall–Kier alpha value is -2.40. The first-order chi connectivity index (χ1) is 10.1. The Morgan fingerprint density at radius 1 is 1.14 bits per heavy atom. The van der Waals surface area contributed by atoms with Crippen LogP contribution in [0.25, 0.3) is 10.9 Å². The van der Waals surface area contributed by atoms with Gasteiger partial charge in [-0.25, -0.2) is 4.98 Å². The number of allylic oxidation sites excluding steroid dienone is 2. The quantitative estimate of drug-likeness (QED) is 0.853. The SMILES string of the molecule is COC1=CC(=O)c2nc3ccc(Cl)cc3c(OC)c2C1=O. The van der Waals surface area contributed by atoms with Crippen molar-refractivity contribution in [3.05, 3.63) is 46.3 Å². The van der Waals surface area contributed by atoms with Crippen molar-refractivity contribution < 1.29 is 19.1 Å². The van der Waals surface area contributed by atoms with Gasteiger partial charge >= 0.3 is 0 Å². The van der Waals surface area contributed by atoms with Crippen LogP contribution >= 0.6 is 11.6 Å². The van der Waals surface area contributed by atoms with Crippen molar-refractivity contribution in [3.8, 4) is 5.75 Å². The van der Waals surface area contributed by atoms with E-state index in [2.05, 4.69) is 4.98 Å². The van der Waals surface area contributed by atoms with Crippen LogP contribution in [0.4, 0.5) is 0 Å². The number of ketones is 2. The third-order valence-corrected chi connectivity index (χ3v) is 3.50. The van der Waals surface area contributed by atoms with Gasteiger partial charge < -0.3 is 9.47 Å². The Balaban J connectivity index is 2.42. The number of fused-ring (bicyclic) bond motifs is 2. The minimum atomic E-state index is -0.432. The Bertz CT molecular complexity index is 826.